The summed E-state index contributed by atoms with van der Waals surface area (Å²) in [5.74, 6) is 0.896. The largest absolute Gasteiger partial charge is 0.382 e. The van der Waals surface area contributed by atoms with Crippen molar-refractivity contribution < 1.29 is 0 Å². The Bertz CT molecular complexity index is 346. The average Bonchev–Trinajstić information content (AvgIpc) is 2.93. The van der Waals surface area contributed by atoms with E-state index in [0.717, 1.165) is 5.92 Å². The van der Waals surface area contributed by atoms with E-state index in [2.05, 4.69) is 54.2 Å². The SMILES string of the molecule is Cc1cc(Br)cc(C)c1NC(C)C1CC1. The van der Waals surface area contributed by atoms with Gasteiger partial charge in [-0.15, -0.1) is 0 Å². The van der Waals surface area contributed by atoms with Crippen LogP contribution in [-0.4, -0.2) is 6.04 Å². The lowest BCUT2D eigenvalue weighted by molar-refractivity contribution is 0.693. The molecule has 0 saturated heterocycles. The Morgan fingerprint density at radius 3 is 2.27 bits per heavy atom. The fraction of sp³-hybridized carbons (Fsp3) is 0.538. The van der Waals surface area contributed by atoms with Gasteiger partial charge >= 0.3 is 0 Å². The van der Waals surface area contributed by atoms with Gasteiger partial charge in [0.15, 0.2) is 0 Å². The maximum Gasteiger partial charge on any atom is 0.0402 e. The van der Waals surface area contributed by atoms with Crippen LogP contribution in [0.15, 0.2) is 16.6 Å². The van der Waals surface area contributed by atoms with Crippen LogP contribution in [0.1, 0.15) is 30.9 Å². The zero-order chi connectivity index (χ0) is 11.0. The number of hydrogen-bond acceptors (Lipinski definition) is 1. The van der Waals surface area contributed by atoms with Crippen molar-refractivity contribution in [3.05, 3.63) is 27.7 Å². The van der Waals surface area contributed by atoms with E-state index in [4.69, 9.17) is 0 Å². The molecule has 15 heavy (non-hydrogen) atoms. The molecule has 1 aromatic carbocycles. The number of benzene rings is 1. The maximum absolute atomic E-state index is 3.65. The lowest BCUT2D eigenvalue weighted by atomic mass is 10.1. The second-order valence-electron chi connectivity index (χ2n) is 4.69. The first-order valence-corrected chi connectivity index (χ1v) is 6.40. The molecule has 1 aliphatic rings. The summed E-state index contributed by atoms with van der Waals surface area (Å²) in [7, 11) is 0. The van der Waals surface area contributed by atoms with Crippen LogP contribution in [0.2, 0.25) is 0 Å². The highest BCUT2D eigenvalue weighted by molar-refractivity contribution is 9.10. The Balaban J connectivity index is 2.19. The van der Waals surface area contributed by atoms with Gasteiger partial charge in [0.1, 0.15) is 0 Å². The Kier molecular flexibility index (Phi) is 3.06. The molecule has 2 rings (SSSR count). The Labute approximate surface area is 100 Å². The Morgan fingerprint density at radius 2 is 1.80 bits per heavy atom. The highest BCUT2D eigenvalue weighted by Gasteiger charge is 2.28. The summed E-state index contributed by atoms with van der Waals surface area (Å²) in [5.41, 5.74) is 3.97. The molecule has 1 saturated carbocycles. The minimum absolute atomic E-state index is 0.614. The van der Waals surface area contributed by atoms with Gasteiger partial charge in [-0.1, -0.05) is 15.9 Å². The topological polar surface area (TPSA) is 12.0 Å². The van der Waals surface area contributed by atoms with Gasteiger partial charge in [-0.3, -0.25) is 0 Å². The molecule has 0 aliphatic heterocycles. The van der Waals surface area contributed by atoms with E-state index in [1.165, 1.54) is 34.1 Å². The zero-order valence-electron chi connectivity index (χ0n) is 9.60. The molecular weight excluding hydrogens is 250 g/mol. The molecule has 1 N–H and O–H groups in total. The first-order valence-electron chi connectivity index (χ1n) is 5.61. The van der Waals surface area contributed by atoms with Crippen LogP contribution in [0.3, 0.4) is 0 Å². The summed E-state index contributed by atoms with van der Waals surface area (Å²) in [4.78, 5) is 0. The van der Waals surface area contributed by atoms with Crippen molar-refractivity contribution in [2.75, 3.05) is 5.32 Å². The van der Waals surface area contributed by atoms with Gasteiger partial charge < -0.3 is 5.32 Å². The summed E-state index contributed by atoms with van der Waals surface area (Å²) in [6.45, 7) is 6.62. The fourth-order valence-corrected chi connectivity index (χ4v) is 2.77. The molecule has 1 aromatic rings. The van der Waals surface area contributed by atoms with E-state index >= 15 is 0 Å². The first kappa shape index (κ1) is 11.0. The van der Waals surface area contributed by atoms with Crippen LogP contribution >= 0.6 is 15.9 Å². The summed E-state index contributed by atoms with van der Waals surface area (Å²) in [6, 6.07) is 4.97. The van der Waals surface area contributed by atoms with Crippen LogP contribution in [0, 0.1) is 19.8 Å². The van der Waals surface area contributed by atoms with Gasteiger partial charge in [0.2, 0.25) is 0 Å². The molecule has 82 valence electrons. The van der Waals surface area contributed by atoms with Crippen LogP contribution in [0.5, 0.6) is 0 Å². The van der Waals surface area contributed by atoms with Crippen molar-refractivity contribution in [1.29, 1.82) is 0 Å². The normalized spacial score (nSPS) is 17.6. The molecule has 1 nitrogen and oxygen atoms in total. The lowest BCUT2D eigenvalue weighted by Gasteiger charge is -2.19. The predicted octanol–water partition coefficient (Wildman–Crippen LogP) is 4.28. The van der Waals surface area contributed by atoms with Gasteiger partial charge in [0, 0.05) is 16.2 Å². The van der Waals surface area contributed by atoms with Crippen molar-refractivity contribution in [2.24, 2.45) is 5.92 Å². The summed E-state index contributed by atoms with van der Waals surface area (Å²) >= 11 is 3.53. The third-order valence-electron chi connectivity index (χ3n) is 3.20. The average molecular weight is 268 g/mol. The molecule has 0 radical (unpaired) electrons. The second-order valence-corrected chi connectivity index (χ2v) is 5.60. The summed E-state index contributed by atoms with van der Waals surface area (Å²) in [5, 5.41) is 3.65. The quantitative estimate of drug-likeness (QED) is 0.862. The highest BCUT2D eigenvalue weighted by Crippen LogP contribution is 2.35. The summed E-state index contributed by atoms with van der Waals surface area (Å²) < 4.78 is 1.17. The van der Waals surface area contributed by atoms with Gasteiger partial charge in [-0.25, -0.2) is 0 Å². The summed E-state index contributed by atoms with van der Waals surface area (Å²) in [6.07, 6.45) is 2.78. The predicted molar refractivity (Wildman–Crippen MR) is 69.4 cm³/mol. The van der Waals surface area contributed by atoms with Gasteiger partial charge in [0.05, 0.1) is 0 Å². The molecule has 1 fully saturated rings. The van der Waals surface area contributed by atoms with E-state index in [1.807, 2.05) is 0 Å². The highest BCUT2D eigenvalue weighted by atomic mass is 79.9. The van der Waals surface area contributed by atoms with Crippen LogP contribution < -0.4 is 5.32 Å². The first-order chi connectivity index (χ1) is 7.08. The molecule has 1 unspecified atom stereocenters. The molecule has 0 bridgehead atoms. The Morgan fingerprint density at radius 1 is 1.27 bits per heavy atom. The van der Waals surface area contributed by atoms with E-state index in [0.29, 0.717) is 6.04 Å². The van der Waals surface area contributed by atoms with Gasteiger partial charge in [-0.05, 0) is 62.8 Å². The lowest BCUT2D eigenvalue weighted by Crippen LogP contribution is -2.18. The van der Waals surface area contributed by atoms with E-state index in [1.54, 1.807) is 0 Å². The van der Waals surface area contributed by atoms with Gasteiger partial charge in [0.25, 0.3) is 0 Å². The zero-order valence-corrected chi connectivity index (χ0v) is 11.2. The van der Waals surface area contributed by atoms with Crippen molar-refractivity contribution in [2.45, 2.75) is 39.7 Å². The minimum Gasteiger partial charge on any atom is -0.382 e. The number of rotatable bonds is 3. The smallest absolute Gasteiger partial charge is 0.0402 e. The molecule has 1 aliphatic carbocycles. The molecule has 0 heterocycles. The standard InChI is InChI=1S/C13H18BrN/c1-8-6-12(14)7-9(2)13(8)15-10(3)11-4-5-11/h6-7,10-11,15H,4-5H2,1-3H3. The van der Waals surface area contributed by atoms with Crippen LogP contribution in [0.25, 0.3) is 0 Å². The minimum atomic E-state index is 0.614. The third kappa shape index (κ3) is 2.54. The van der Waals surface area contributed by atoms with Crippen LogP contribution in [-0.2, 0) is 0 Å². The maximum atomic E-state index is 3.65. The molecular formula is C13H18BrN. The number of aryl methyl sites for hydroxylation is 2. The van der Waals surface area contributed by atoms with E-state index in [9.17, 15) is 0 Å². The number of anilines is 1. The fourth-order valence-electron chi connectivity index (χ4n) is 2.08. The number of hydrogen-bond donors (Lipinski definition) is 1. The third-order valence-corrected chi connectivity index (χ3v) is 3.66. The van der Waals surface area contributed by atoms with E-state index in [-0.39, 0.29) is 0 Å². The number of halogens is 1. The molecule has 0 spiro atoms. The molecule has 0 aromatic heterocycles. The molecule has 1 atom stereocenters. The molecule has 2 heteroatoms. The second kappa shape index (κ2) is 4.17. The van der Waals surface area contributed by atoms with Crippen molar-refractivity contribution in [1.82, 2.24) is 0 Å². The van der Waals surface area contributed by atoms with Crippen LogP contribution in [0.4, 0.5) is 5.69 Å². The van der Waals surface area contributed by atoms with Gasteiger partial charge in [-0.2, -0.15) is 0 Å². The van der Waals surface area contributed by atoms with Crippen molar-refractivity contribution in [3.8, 4) is 0 Å². The van der Waals surface area contributed by atoms with Crippen molar-refractivity contribution >= 4 is 21.6 Å². The van der Waals surface area contributed by atoms with Crippen molar-refractivity contribution in [3.63, 3.8) is 0 Å². The monoisotopic (exact) mass is 267 g/mol. The van der Waals surface area contributed by atoms with E-state index < -0.39 is 0 Å². The Hall–Kier alpha value is -0.500. The number of nitrogens with one attached hydrogen (secondary N) is 1. The molecule has 0 amide bonds.